The lowest BCUT2D eigenvalue weighted by atomic mass is 10.1. The van der Waals surface area contributed by atoms with Gasteiger partial charge < -0.3 is 10.5 Å². The Morgan fingerprint density at radius 3 is 3.00 bits per heavy atom. The molecule has 6 heteroatoms. The molecule has 116 valence electrons. The molecule has 0 unspecified atom stereocenters. The Hall–Kier alpha value is -2.34. The molecule has 2 heterocycles. The summed E-state index contributed by atoms with van der Waals surface area (Å²) in [6.45, 7) is 4.30. The smallest absolute Gasteiger partial charge is 0.257 e. The van der Waals surface area contributed by atoms with Gasteiger partial charge in [-0.1, -0.05) is 12.1 Å². The molecule has 0 saturated carbocycles. The zero-order chi connectivity index (χ0) is 15.7. The quantitative estimate of drug-likeness (QED) is 0.890. The molecule has 22 heavy (non-hydrogen) atoms. The molecule has 1 aromatic carbocycles. The first-order chi connectivity index (χ1) is 10.6. The Morgan fingerprint density at radius 2 is 2.27 bits per heavy atom. The van der Waals surface area contributed by atoms with Crippen LogP contribution in [0.1, 0.15) is 22.4 Å². The zero-order valence-corrected chi connectivity index (χ0v) is 12.8. The highest BCUT2D eigenvalue weighted by molar-refractivity contribution is 5.36. The fraction of sp³-hybridized carbons (Fsp3) is 0.375. The number of aryl methyl sites for hydroxylation is 1. The third-order valence-electron chi connectivity index (χ3n) is 4.03. The van der Waals surface area contributed by atoms with Gasteiger partial charge in [-0.05, 0) is 24.1 Å². The first-order valence-corrected chi connectivity index (χ1v) is 7.30. The molecule has 0 aliphatic carbocycles. The fourth-order valence-electron chi connectivity index (χ4n) is 2.93. The van der Waals surface area contributed by atoms with Crippen LogP contribution in [-0.2, 0) is 19.5 Å². The van der Waals surface area contributed by atoms with Gasteiger partial charge in [0.05, 0.1) is 18.4 Å². The van der Waals surface area contributed by atoms with Crippen LogP contribution in [0.15, 0.2) is 23.0 Å². The van der Waals surface area contributed by atoms with Crippen molar-refractivity contribution in [1.82, 2.24) is 14.9 Å². The Morgan fingerprint density at radius 1 is 1.45 bits per heavy atom. The molecule has 0 spiro atoms. The molecule has 6 nitrogen and oxygen atoms in total. The van der Waals surface area contributed by atoms with Gasteiger partial charge in [0.15, 0.2) is 0 Å². The molecule has 0 atom stereocenters. The summed E-state index contributed by atoms with van der Waals surface area (Å²) in [4.78, 5) is 21.1. The van der Waals surface area contributed by atoms with E-state index >= 15 is 0 Å². The highest BCUT2D eigenvalue weighted by atomic mass is 16.5. The molecule has 1 aromatic heterocycles. The summed E-state index contributed by atoms with van der Waals surface area (Å²) in [6.07, 6.45) is 0.749. The number of anilines is 1. The van der Waals surface area contributed by atoms with Gasteiger partial charge in [0, 0.05) is 26.1 Å². The number of fused-ring (bicyclic) bond motifs is 1. The van der Waals surface area contributed by atoms with Crippen molar-refractivity contribution < 1.29 is 4.74 Å². The third-order valence-corrected chi connectivity index (χ3v) is 4.03. The maximum absolute atomic E-state index is 12.0. The summed E-state index contributed by atoms with van der Waals surface area (Å²) >= 11 is 0. The van der Waals surface area contributed by atoms with Crippen molar-refractivity contribution in [2.24, 2.45) is 0 Å². The predicted molar refractivity (Wildman–Crippen MR) is 84.8 cm³/mol. The van der Waals surface area contributed by atoms with Gasteiger partial charge >= 0.3 is 0 Å². The third kappa shape index (κ3) is 2.82. The van der Waals surface area contributed by atoms with Crippen molar-refractivity contribution in [3.63, 3.8) is 0 Å². The van der Waals surface area contributed by atoms with E-state index < -0.39 is 0 Å². The van der Waals surface area contributed by atoms with Crippen LogP contribution < -0.4 is 16.0 Å². The van der Waals surface area contributed by atoms with Crippen LogP contribution >= 0.6 is 0 Å². The van der Waals surface area contributed by atoms with Crippen molar-refractivity contribution in [3.05, 3.63) is 50.9 Å². The van der Waals surface area contributed by atoms with Crippen molar-refractivity contribution in [2.75, 3.05) is 19.4 Å². The van der Waals surface area contributed by atoms with Gasteiger partial charge in [-0.15, -0.1) is 0 Å². The van der Waals surface area contributed by atoms with Crippen LogP contribution in [-0.4, -0.2) is 28.5 Å². The molecule has 2 aromatic rings. The minimum atomic E-state index is -0.127. The summed E-state index contributed by atoms with van der Waals surface area (Å²) in [5.41, 5.74) is 9.34. The van der Waals surface area contributed by atoms with Gasteiger partial charge in [-0.2, -0.15) is 0 Å². The Labute approximate surface area is 128 Å². The minimum Gasteiger partial charge on any atom is -0.496 e. The number of ether oxygens (including phenoxy) is 1. The predicted octanol–water partition coefficient (Wildman–Crippen LogP) is 1.23. The lowest BCUT2D eigenvalue weighted by molar-refractivity contribution is 0.241. The van der Waals surface area contributed by atoms with Gasteiger partial charge in [-0.3, -0.25) is 14.7 Å². The van der Waals surface area contributed by atoms with Crippen LogP contribution in [0.25, 0.3) is 0 Å². The molecule has 0 fully saturated rings. The van der Waals surface area contributed by atoms with E-state index in [1.165, 1.54) is 5.56 Å². The second-order valence-corrected chi connectivity index (χ2v) is 5.64. The number of aromatic amines is 1. The maximum atomic E-state index is 12.0. The summed E-state index contributed by atoms with van der Waals surface area (Å²) in [5, 5.41) is 0. The van der Waals surface area contributed by atoms with E-state index in [9.17, 15) is 4.79 Å². The topological polar surface area (TPSA) is 84.2 Å². The largest absolute Gasteiger partial charge is 0.496 e. The van der Waals surface area contributed by atoms with Gasteiger partial charge in [0.1, 0.15) is 5.75 Å². The molecule has 0 bridgehead atoms. The van der Waals surface area contributed by atoms with Crippen LogP contribution in [0, 0.1) is 6.92 Å². The monoisotopic (exact) mass is 300 g/mol. The lowest BCUT2D eigenvalue weighted by Gasteiger charge is -2.27. The summed E-state index contributed by atoms with van der Waals surface area (Å²) in [7, 11) is 1.68. The van der Waals surface area contributed by atoms with Crippen LogP contribution in [0.5, 0.6) is 5.75 Å². The van der Waals surface area contributed by atoms with E-state index in [0.29, 0.717) is 6.54 Å². The summed E-state index contributed by atoms with van der Waals surface area (Å²) in [5.74, 6) is 1.09. The van der Waals surface area contributed by atoms with Gasteiger partial charge in [0.25, 0.3) is 5.56 Å². The normalized spacial score (nSPS) is 14.6. The second kappa shape index (κ2) is 5.81. The molecule has 0 saturated heterocycles. The standard InChI is InChI=1S/C16H20N4O2/c1-10-7-11(3-4-14(10)22-2)8-20-6-5-13-12(9-20)15(21)19-16(17)18-13/h3-4,7H,5-6,8-9H2,1-2H3,(H3,17,18,19,21). The highest BCUT2D eigenvalue weighted by Crippen LogP contribution is 2.21. The molecule has 3 N–H and O–H groups in total. The number of nitrogens with two attached hydrogens (primary N) is 1. The van der Waals surface area contributed by atoms with Crippen molar-refractivity contribution >= 4 is 5.95 Å². The molecule has 1 aliphatic heterocycles. The van der Waals surface area contributed by atoms with E-state index in [1.807, 2.05) is 13.0 Å². The molecule has 1 aliphatic rings. The summed E-state index contributed by atoms with van der Waals surface area (Å²) in [6, 6.07) is 6.17. The fourth-order valence-corrected chi connectivity index (χ4v) is 2.93. The molecular weight excluding hydrogens is 280 g/mol. The van der Waals surface area contributed by atoms with Crippen molar-refractivity contribution in [2.45, 2.75) is 26.4 Å². The molecule has 0 amide bonds. The number of H-pyrrole nitrogens is 1. The number of hydrogen-bond acceptors (Lipinski definition) is 5. The molecule has 3 rings (SSSR count). The Balaban J connectivity index is 1.78. The van der Waals surface area contributed by atoms with Crippen LogP contribution in [0.2, 0.25) is 0 Å². The minimum absolute atomic E-state index is 0.127. The number of nitrogen functional groups attached to an aromatic ring is 1. The number of benzene rings is 1. The van der Waals surface area contributed by atoms with Crippen molar-refractivity contribution in [3.8, 4) is 5.75 Å². The van der Waals surface area contributed by atoms with E-state index in [0.717, 1.165) is 42.1 Å². The van der Waals surface area contributed by atoms with Gasteiger partial charge in [0.2, 0.25) is 5.95 Å². The summed E-state index contributed by atoms with van der Waals surface area (Å²) < 4.78 is 5.28. The van der Waals surface area contributed by atoms with Gasteiger partial charge in [-0.25, -0.2) is 4.98 Å². The Kier molecular flexibility index (Phi) is 3.85. The number of nitrogens with zero attached hydrogens (tertiary/aromatic N) is 2. The average Bonchev–Trinajstić information content (AvgIpc) is 2.48. The number of hydrogen-bond donors (Lipinski definition) is 2. The first-order valence-electron chi connectivity index (χ1n) is 7.30. The number of aromatic nitrogens is 2. The van der Waals surface area contributed by atoms with E-state index in [4.69, 9.17) is 10.5 Å². The maximum Gasteiger partial charge on any atom is 0.257 e. The average molecular weight is 300 g/mol. The number of nitrogens with one attached hydrogen (secondary N) is 1. The molecule has 0 radical (unpaired) electrons. The zero-order valence-electron chi connectivity index (χ0n) is 12.8. The highest BCUT2D eigenvalue weighted by Gasteiger charge is 2.21. The molecular formula is C16H20N4O2. The van der Waals surface area contributed by atoms with E-state index in [-0.39, 0.29) is 11.5 Å². The van der Waals surface area contributed by atoms with E-state index in [1.54, 1.807) is 7.11 Å². The second-order valence-electron chi connectivity index (χ2n) is 5.64. The van der Waals surface area contributed by atoms with Crippen LogP contribution in [0.4, 0.5) is 5.95 Å². The number of methoxy groups -OCH3 is 1. The SMILES string of the molecule is COc1ccc(CN2CCc3nc(N)[nH]c(=O)c3C2)cc1C. The number of rotatable bonds is 3. The van der Waals surface area contributed by atoms with Crippen molar-refractivity contribution in [1.29, 1.82) is 0 Å². The van der Waals surface area contributed by atoms with E-state index in [2.05, 4.69) is 27.0 Å². The first kappa shape index (κ1) is 14.6. The Bertz CT molecular complexity index is 754. The van der Waals surface area contributed by atoms with Crippen LogP contribution in [0.3, 0.4) is 0 Å². The lowest BCUT2D eigenvalue weighted by Crippen LogP contribution is -2.35.